The molecular weight excluding hydrogens is 355 g/mol. The van der Waals surface area contributed by atoms with Crippen molar-refractivity contribution in [2.24, 2.45) is 5.92 Å². The Morgan fingerprint density at radius 2 is 2.04 bits per heavy atom. The Morgan fingerprint density at radius 3 is 2.75 bits per heavy atom. The maximum Gasteiger partial charge on any atom is 0.127 e. The Bertz CT molecular complexity index is 709. The fourth-order valence-corrected chi connectivity index (χ4v) is 4.45. The molecule has 1 atom stereocenters. The van der Waals surface area contributed by atoms with E-state index >= 15 is 0 Å². The van der Waals surface area contributed by atoms with Gasteiger partial charge in [0.2, 0.25) is 0 Å². The number of H-pyrrole nitrogens is 1. The zero-order valence-corrected chi connectivity index (χ0v) is 16.5. The van der Waals surface area contributed by atoms with E-state index in [9.17, 15) is 4.39 Å². The minimum Gasteiger partial charge on any atom is -0.377 e. The van der Waals surface area contributed by atoms with Gasteiger partial charge in [0, 0.05) is 50.2 Å². The van der Waals surface area contributed by atoms with Crippen LogP contribution in [0.15, 0.2) is 36.8 Å². The maximum atomic E-state index is 13.9. The first-order valence-electron chi connectivity index (χ1n) is 10.5. The monoisotopic (exact) mass is 386 g/mol. The summed E-state index contributed by atoms with van der Waals surface area (Å²) in [6, 6.07) is 7.13. The van der Waals surface area contributed by atoms with Gasteiger partial charge in [-0.1, -0.05) is 18.2 Å². The lowest BCUT2D eigenvalue weighted by Crippen LogP contribution is -2.40. The summed E-state index contributed by atoms with van der Waals surface area (Å²) in [5, 5.41) is 0. The van der Waals surface area contributed by atoms with Crippen LogP contribution >= 0.6 is 0 Å². The summed E-state index contributed by atoms with van der Waals surface area (Å²) < 4.78 is 19.8. The molecule has 2 aliphatic heterocycles. The van der Waals surface area contributed by atoms with Gasteiger partial charge in [-0.2, -0.15) is 0 Å². The standard InChI is InChI=1S/C22H31FN4O/c23-22-6-2-1-4-19(22)14-26-9-7-18(8-10-26)13-27(15-20-12-24-17-25-20)16-21-5-3-11-28-21/h1-2,4,6,12,17-18,21H,3,5,7-11,13-16H2,(H,24,25). The van der Waals surface area contributed by atoms with E-state index in [0.717, 1.165) is 50.6 Å². The fourth-order valence-electron chi connectivity index (χ4n) is 4.45. The van der Waals surface area contributed by atoms with Crippen molar-refractivity contribution in [2.75, 3.05) is 32.8 Å². The second kappa shape index (κ2) is 9.63. The van der Waals surface area contributed by atoms with Crippen LogP contribution in [-0.2, 0) is 17.8 Å². The average Bonchev–Trinajstić information content (AvgIpc) is 3.39. The van der Waals surface area contributed by atoms with E-state index in [-0.39, 0.29) is 5.82 Å². The predicted octanol–water partition coefficient (Wildman–Crippen LogP) is 3.44. The molecule has 0 aliphatic carbocycles. The number of likely N-dealkylation sites (tertiary alicyclic amines) is 1. The molecule has 6 heteroatoms. The normalized spacial score (nSPS) is 21.6. The Morgan fingerprint density at radius 1 is 1.18 bits per heavy atom. The summed E-state index contributed by atoms with van der Waals surface area (Å²) in [7, 11) is 0. The zero-order valence-electron chi connectivity index (χ0n) is 16.5. The molecule has 1 aromatic heterocycles. The van der Waals surface area contributed by atoms with Gasteiger partial charge in [0.1, 0.15) is 5.82 Å². The quantitative estimate of drug-likeness (QED) is 0.755. The summed E-state index contributed by atoms with van der Waals surface area (Å²) in [6.07, 6.45) is 8.71. The molecule has 2 saturated heterocycles. The van der Waals surface area contributed by atoms with Crippen molar-refractivity contribution < 1.29 is 9.13 Å². The first-order valence-corrected chi connectivity index (χ1v) is 10.5. The van der Waals surface area contributed by atoms with Gasteiger partial charge in [0.15, 0.2) is 0 Å². The molecule has 0 spiro atoms. The molecule has 1 N–H and O–H groups in total. The summed E-state index contributed by atoms with van der Waals surface area (Å²) in [5.74, 6) is 0.591. The molecule has 3 heterocycles. The highest BCUT2D eigenvalue weighted by Crippen LogP contribution is 2.23. The molecule has 28 heavy (non-hydrogen) atoms. The van der Waals surface area contributed by atoms with Crippen LogP contribution < -0.4 is 0 Å². The molecule has 1 aromatic carbocycles. The van der Waals surface area contributed by atoms with Crippen molar-refractivity contribution in [3.05, 3.63) is 53.9 Å². The summed E-state index contributed by atoms with van der Waals surface area (Å²) >= 11 is 0. The second-order valence-corrected chi connectivity index (χ2v) is 8.22. The fraction of sp³-hybridized carbons (Fsp3) is 0.591. The number of imidazole rings is 1. The number of ether oxygens (including phenoxy) is 1. The van der Waals surface area contributed by atoms with Gasteiger partial charge in [-0.3, -0.25) is 9.80 Å². The molecular formula is C22H31FN4O. The van der Waals surface area contributed by atoms with E-state index in [1.807, 2.05) is 18.3 Å². The van der Waals surface area contributed by atoms with Crippen LogP contribution in [0.1, 0.15) is 36.9 Å². The van der Waals surface area contributed by atoms with E-state index in [2.05, 4.69) is 19.8 Å². The number of aromatic amines is 1. The highest BCUT2D eigenvalue weighted by molar-refractivity contribution is 5.17. The molecule has 2 aromatic rings. The Kier molecular flexibility index (Phi) is 6.73. The molecule has 0 saturated carbocycles. The predicted molar refractivity (Wildman–Crippen MR) is 107 cm³/mol. The molecule has 4 rings (SSSR count). The SMILES string of the molecule is Fc1ccccc1CN1CCC(CN(Cc2cnc[nH]2)CC2CCCO2)CC1. The second-order valence-electron chi connectivity index (χ2n) is 8.22. The van der Waals surface area contributed by atoms with Crippen LogP contribution in [0, 0.1) is 11.7 Å². The molecule has 1 unspecified atom stereocenters. The number of halogens is 1. The number of hydrogen-bond donors (Lipinski definition) is 1. The van der Waals surface area contributed by atoms with Gasteiger partial charge in [-0.15, -0.1) is 0 Å². The molecule has 2 fully saturated rings. The molecule has 5 nitrogen and oxygen atoms in total. The molecule has 0 amide bonds. The largest absolute Gasteiger partial charge is 0.377 e. The van der Waals surface area contributed by atoms with E-state index < -0.39 is 0 Å². The smallest absolute Gasteiger partial charge is 0.127 e. The van der Waals surface area contributed by atoms with Crippen molar-refractivity contribution in [2.45, 2.75) is 44.9 Å². The number of hydrogen-bond acceptors (Lipinski definition) is 4. The van der Waals surface area contributed by atoms with E-state index in [0.29, 0.717) is 18.6 Å². The number of benzene rings is 1. The molecule has 0 bridgehead atoms. The van der Waals surface area contributed by atoms with Crippen LogP contribution in [0.4, 0.5) is 4.39 Å². The van der Waals surface area contributed by atoms with Crippen molar-refractivity contribution in [1.82, 2.24) is 19.8 Å². The van der Waals surface area contributed by atoms with Crippen molar-refractivity contribution in [3.63, 3.8) is 0 Å². The highest BCUT2D eigenvalue weighted by Gasteiger charge is 2.25. The van der Waals surface area contributed by atoms with Gasteiger partial charge in [-0.05, 0) is 50.8 Å². The Balaban J connectivity index is 1.28. The number of piperidine rings is 1. The van der Waals surface area contributed by atoms with Crippen molar-refractivity contribution in [3.8, 4) is 0 Å². The van der Waals surface area contributed by atoms with Gasteiger partial charge < -0.3 is 9.72 Å². The molecule has 2 aliphatic rings. The third-order valence-electron chi connectivity index (χ3n) is 6.01. The lowest BCUT2D eigenvalue weighted by atomic mass is 9.95. The third kappa shape index (κ3) is 5.40. The summed E-state index contributed by atoms with van der Waals surface area (Å²) in [5.41, 5.74) is 1.97. The number of aromatic nitrogens is 2. The third-order valence-corrected chi connectivity index (χ3v) is 6.01. The molecule has 0 radical (unpaired) electrons. The number of rotatable bonds is 8. The highest BCUT2D eigenvalue weighted by atomic mass is 19.1. The lowest BCUT2D eigenvalue weighted by molar-refractivity contribution is 0.0565. The Labute approximate surface area is 166 Å². The van der Waals surface area contributed by atoms with Gasteiger partial charge >= 0.3 is 0 Å². The van der Waals surface area contributed by atoms with Crippen LogP contribution in [-0.4, -0.2) is 58.7 Å². The van der Waals surface area contributed by atoms with Gasteiger partial charge in [0.25, 0.3) is 0 Å². The van der Waals surface area contributed by atoms with Crippen LogP contribution in [0.2, 0.25) is 0 Å². The van der Waals surface area contributed by atoms with Crippen LogP contribution in [0.3, 0.4) is 0 Å². The average molecular weight is 387 g/mol. The minimum atomic E-state index is -0.0908. The lowest BCUT2D eigenvalue weighted by Gasteiger charge is -2.35. The maximum absolute atomic E-state index is 13.9. The first-order chi connectivity index (χ1) is 13.8. The van der Waals surface area contributed by atoms with E-state index in [1.54, 1.807) is 18.5 Å². The van der Waals surface area contributed by atoms with Gasteiger partial charge in [0.05, 0.1) is 12.4 Å². The number of nitrogens with one attached hydrogen (secondary N) is 1. The zero-order chi connectivity index (χ0) is 19.2. The van der Waals surface area contributed by atoms with E-state index in [4.69, 9.17) is 4.74 Å². The summed E-state index contributed by atoms with van der Waals surface area (Å²) in [4.78, 5) is 12.3. The topological polar surface area (TPSA) is 44.4 Å². The Hall–Kier alpha value is -1.76. The van der Waals surface area contributed by atoms with Crippen LogP contribution in [0.5, 0.6) is 0 Å². The van der Waals surface area contributed by atoms with Crippen molar-refractivity contribution >= 4 is 0 Å². The summed E-state index contributed by atoms with van der Waals surface area (Å²) in [6.45, 7) is 6.67. The van der Waals surface area contributed by atoms with Crippen LogP contribution in [0.25, 0.3) is 0 Å². The first kappa shape index (κ1) is 19.6. The molecule has 152 valence electrons. The van der Waals surface area contributed by atoms with Crippen molar-refractivity contribution in [1.29, 1.82) is 0 Å². The number of nitrogens with zero attached hydrogens (tertiary/aromatic N) is 3. The minimum absolute atomic E-state index is 0.0908. The van der Waals surface area contributed by atoms with Gasteiger partial charge in [-0.25, -0.2) is 9.37 Å². The van der Waals surface area contributed by atoms with E-state index in [1.165, 1.54) is 25.7 Å².